The van der Waals surface area contributed by atoms with E-state index < -0.39 is 0 Å². The largest absolute Gasteiger partial charge is 0.486 e. The highest BCUT2D eigenvalue weighted by molar-refractivity contribution is 5.92. The van der Waals surface area contributed by atoms with Crippen LogP contribution >= 0.6 is 12.4 Å². The summed E-state index contributed by atoms with van der Waals surface area (Å²) in [6.07, 6.45) is 0. The van der Waals surface area contributed by atoms with Crippen molar-refractivity contribution < 1.29 is 13.9 Å². The quantitative estimate of drug-likeness (QED) is 0.711. The minimum absolute atomic E-state index is 0. The van der Waals surface area contributed by atoms with E-state index in [0.717, 1.165) is 17.7 Å². The van der Waals surface area contributed by atoms with Crippen LogP contribution in [0, 0.1) is 0 Å². The van der Waals surface area contributed by atoms with Gasteiger partial charge in [0, 0.05) is 25.2 Å². The number of nitrogens with one attached hydrogen (secondary N) is 1. The average Bonchev–Trinajstić information content (AvgIpc) is 3.17. The fourth-order valence-corrected chi connectivity index (χ4v) is 3.47. The maximum atomic E-state index is 12.8. The van der Waals surface area contributed by atoms with Crippen LogP contribution in [0.25, 0.3) is 10.8 Å². The summed E-state index contributed by atoms with van der Waals surface area (Å²) in [6, 6.07) is 18.1. The second-order valence-electron chi connectivity index (χ2n) is 7.05. The molecule has 1 amide bonds. The first-order valence-corrected chi connectivity index (χ1v) is 9.36. The van der Waals surface area contributed by atoms with Crippen molar-refractivity contribution in [2.45, 2.75) is 32.5 Å². The Morgan fingerprint density at radius 2 is 1.93 bits per heavy atom. The Morgan fingerprint density at radius 3 is 2.75 bits per heavy atom. The SMILES string of the molecule is CC1NCCN(C(=O)c2ccc(COc3ccc4ccccc4c3)o2)C1C.Cl. The molecule has 4 rings (SSSR count). The second kappa shape index (κ2) is 8.67. The lowest BCUT2D eigenvalue weighted by Crippen LogP contribution is -2.57. The van der Waals surface area contributed by atoms with Crippen molar-refractivity contribution >= 4 is 29.1 Å². The van der Waals surface area contributed by atoms with Gasteiger partial charge in [-0.1, -0.05) is 30.3 Å². The molecule has 0 radical (unpaired) electrons. The van der Waals surface area contributed by atoms with Gasteiger partial charge in [0.25, 0.3) is 5.91 Å². The number of carbonyl (C=O) groups excluding carboxylic acids is 1. The molecule has 1 fully saturated rings. The molecule has 6 heteroatoms. The van der Waals surface area contributed by atoms with Gasteiger partial charge in [-0.25, -0.2) is 0 Å². The van der Waals surface area contributed by atoms with Crippen molar-refractivity contribution in [2.75, 3.05) is 13.1 Å². The Hall–Kier alpha value is -2.50. The van der Waals surface area contributed by atoms with Gasteiger partial charge in [-0.2, -0.15) is 0 Å². The number of amides is 1. The van der Waals surface area contributed by atoms with Crippen LogP contribution in [-0.2, 0) is 6.61 Å². The molecule has 0 bridgehead atoms. The maximum absolute atomic E-state index is 12.8. The van der Waals surface area contributed by atoms with Crippen LogP contribution in [-0.4, -0.2) is 36.0 Å². The number of furan rings is 1. The van der Waals surface area contributed by atoms with E-state index in [4.69, 9.17) is 9.15 Å². The van der Waals surface area contributed by atoms with Crippen molar-refractivity contribution in [3.8, 4) is 5.75 Å². The summed E-state index contributed by atoms with van der Waals surface area (Å²) in [5.74, 6) is 1.73. The number of hydrogen-bond donors (Lipinski definition) is 1. The molecule has 2 unspecified atom stereocenters. The summed E-state index contributed by atoms with van der Waals surface area (Å²) in [4.78, 5) is 14.6. The van der Waals surface area contributed by atoms with Crippen molar-refractivity contribution in [1.29, 1.82) is 0 Å². The zero-order valence-electron chi connectivity index (χ0n) is 16.1. The van der Waals surface area contributed by atoms with Gasteiger partial charge in [-0.05, 0) is 48.9 Å². The van der Waals surface area contributed by atoms with Crippen molar-refractivity contribution in [1.82, 2.24) is 10.2 Å². The lowest BCUT2D eigenvalue weighted by molar-refractivity contribution is 0.0567. The molecule has 1 aliphatic rings. The number of halogens is 1. The third kappa shape index (κ3) is 4.16. The standard InChI is InChI=1S/C22H24N2O3.ClH/c1-15-16(2)24(12-11-23-15)22(25)21-10-9-20(27-21)14-26-19-8-7-17-5-3-4-6-18(17)13-19;/h3-10,13,15-16,23H,11-12,14H2,1-2H3;1H. The molecule has 0 saturated carbocycles. The molecule has 1 N–H and O–H groups in total. The molecule has 0 spiro atoms. The molecule has 2 aromatic carbocycles. The molecule has 0 aliphatic carbocycles. The average molecular weight is 401 g/mol. The second-order valence-corrected chi connectivity index (χ2v) is 7.05. The predicted octanol–water partition coefficient (Wildman–Crippen LogP) is 4.26. The van der Waals surface area contributed by atoms with E-state index in [2.05, 4.69) is 31.3 Å². The van der Waals surface area contributed by atoms with Gasteiger partial charge in [-0.15, -0.1) is 12.4 Å². The number of carbonyl (C=O) groups is 1. The van der Waals surface area contributed by atoms with Crippen molar-refractivity contribution in [3.05, 3.63) is 66.1 Å². The Balaban J connectivity index is 0.00000225. The van der Waals surface area contributed by atoms with Crippen LogP contribution in [0.2, 0.25) is 0 Å². The topological polar surface area (TPSA) is 54.7 Å². The summed E-state index contributed by atoms with van der Waals surface area (Å²) in [5, 5.41) is 5.69. The summed E-state index contributed by atoms with van der Waals surface area (Å²) < 4.78 is 11.6. The number of piperazine rings is 1. The lowest BCUT2D eigenvalue weighted by atomic mass is 10.1. The number of nitrogens with zero attached hydrogens (tertiary/aromatic N) is 1. The third-order valence-electron chi connectivity index (χ3n) is 5.27. The highest BCUT2D eigenvalue weighted by Gasteiger charge is 2.30. The highest BCUT2D eigenvalue weighted by Crippen LogP contribution is 2.22. The Bertz CT molecular complexity index is 956. The van der Waals surface area contributed by atoms with E-state index in [1.54, 1.807) is 6.07 Å². The smallest absolute Gasteiger partial charge is 0.289 e. The zero-order valence-corrected chi connectivity index (χ0v) is 16.9. The van der Waals surface area contributed by atoms with E-state index in [1.807, 2.05) is 41.3 Å². The van der Waals surface area contributed by atoms with Crippen LogP contribution in [0.5, 0.6) is 5.75 Å². The molecule has 1 saturated heterocycles. The maximum Gasteiger partial charge on any atom is 0.289 e. The molecule has 1 aliphatic heterocycles. The molecule has 28 heavy (non-hydrogen) atoms. The van der Waals surface area contributed by atoms with Gasteiger partial charge in [0.1, 0.15) is 18.1 Å². The predicted molar refractivity (Wildman–Crippen MR) is 112 cm³/mol. The Labute approximate surface area is 171 Å². The Morgan fingerprint density at radius 1 is 1.14 bits per heavy atom. The Kier molecular flexibility index (Phi) is 6.27. The monoisotopic (exact) mass is 400 g/mol. The van der Waals surface area contributed by atoms with E-state index in [9.17, 15) is 4.79 Å². The van der Waals surface area contributed by atoms with Crippen LogP contribution in [0.3, 0.4) is 0 Å². The van der Waals surface area contributed by atoms with E-state index in [0.29, 0.717) is 24.7 Å². The highest BCUT2D eigenvalue weighted by atomic mass is 35.5. The first-order valence-electron chi connectivity index (χ1n) is 9.36. The first kappa shape index (κ1) is 20.2. The van der Waals surface area contributed by atoms with E-state index >= 15 is 0 Å². The number of hydrogen-bond acceptors (Lipinski definition) is 4. The van der Waals surface area contributed by atoms with Gasteiger partial charge in [0.15, 0.2) is 5.76 Å². The van der Waals surface area contributed by atoms with Gasteiger partial charge >= 0.3 is 0 Å². The molecule has 1 aromatic heterocycles. The van der Waals surface area contributed by atoms with Crippen LogP contribution in [0.4, 0.5) is 0 Å². The summed E-state index contributed by atoms with van der Waals surface area (Å²) >= 11 is 0. The summed E-state index contributed by atoms with van der Waals surface area (Å²) in [7, 11) is 0. The van der Waals surface area contributed by atoms with Gasteiger partial charge in [-0.3, -0.25) is 4.79 Å². The molecule has 5 nitrogen and oxygen atoms in total. The number of rotatable bonds is 4. The molecule has 2 atom stereocenters. The normalized spacial score (nSPS) is 19.3. The van der Waals surface area contributed by atoms with E-state index in [-0.39, 0.29) is 30.4 Å². The minimum atomic E-state index is -0.0622. The van der Waals surface area contributed by atoms with Gasteiger partial charge in [0.2, 0.25) is 0 Å². The zero-order chi connectivity index (χ0) is 18.8. The first-order chi connectivity index (χ1) is 13.1. The third-order valence-corrected chi connectivity index (χ3v) is 5.27. The fraction of sp³-hybridized carbons (Fsp3) is 0.318. The molecule has 148 valence electrons. The number of benzene rings is 2. The van der Waals surface area contributed by atoms with Crippen molar-refractivity contribution in [3.63, 3.8) is 0 Å². The summed E-state index contributed by atoms with van der Waals surface area (Å²) in [6.45, 7) is 5.93. The van der Waals surface area contributed by atoms with Crippen LogP contribution < -0.4 is 10.1 Å². The molecule has 2 heterocycles. The lowest BCUT2D eigenvalue weighted by Gasteiger charge is -2.38. The number of ether oxygens (including phenoxy) is 1. The van der Waals surface area contributed by atoms with Gasteiger partial charge in [0.05, 0.1) is 0 Å². The van der Waals surface area contributed by atoms with Crippen LogP contribution in [0.1, 0.15) is 30.2 Å². The van der Waals surface area contributed by atoms with Gasteiger partial charge < -0.3 is 19.4 Å². The molecular weight excluding hydrogens is 376 g/mol. The van der Waals surface area contributed by atoms with Crippen LogP contribution in [0.15, 0.2) is 59.0 Å². The fourth-order valence-electron chi connectivity index (χ4n) is 3.47. The van der Waals surface area contributed by atoms with E-state index in [1.165, 1.54) is 5.39 Å². The number of fused-ring (bicyclic) bond motifs is 1. The molecular formula is C22H25ClN2O3. The molecule has 3 aromatic rings. The summed E-state index contributed by atoms with van der Waals surface area (Å²) in [5.41, 5.74) is 0. The van der Waals surface area contributed by atoms with Crippen molar-refractivity contribution in [2.24, 2.45) is 0 Å². The minimum Gasteiger partial charge on any atom is -0.486 e.